The van der Waals surface area contributed by atoms with Crippen molar-refractivity contribution in [2.75, 3.05) is 14.2 Å². The molecule has 3 rings (SSSR count). The monoisotopic (exact) mass is 460 g/mol. The Balaban J connectivity index is 1.44. The minimum absolute atomic E-state index is 0.292. The molecule has 0 fully saturated rings. The fraction of sp³-hybridized carbons (Fsp3) is 0.154. The van der Waals surface area contributed by atoms with E-state index in [2.05, 4.69) is 19.8 Å². The van der Waals surface area contributed by atoms with Crippen LogP contribution in [-0.2, 0) is 32.4 Å². The molecular weight excluding hydrogens is 436 g/mol. The first-order chi connectivity index (χ1) is 16.6. The summed E-state index contributed by atoms with van der Waals surface area (Å²) >= 11 is 0. The lowest BCUT2D eigenvalue weighted by Crippen LogP contribution is -2.00. The minimum atomic E-state index is -0.386. The van der Waals surface area contributed by atoms with Crippen molar-refractivity contribution in [3.05, 3.63) is 106 Å². The second-order valence-electron chi connectivity index (χ2n) is 7.06. The first-order valence-corrected chi connectivity index (χ1v) is 10.3. The number of esters is 2. The average Bonchev–Trinajstić information content (AvgIpc) is 2.89. The summed E-state index contributed by atoms with van der Waals surface area (Å²) in [5.41, 5.74) is 4.41. The first-order valence-electron chi connectivity index (χ1n) is 10.3. The highest BCUT2D eigenvalue weighted by Crippen LogP contribution is 2.10. The molecule has 174 valence electrons. The summed E-state index contributed by atoms with van der Waals surface area (Å²) < 4.78 is 9.34. The fourth-order valence-electron chi connectivity index (χ4n) is 2.88. The van der Waals surface area contributed by atoms with E-state index in [1.165, 1.54) is 14.2 Å². The highest BCUT2D eigenvalue weighted by atomic mass is 16.6. The molecule has 0 bridgehead atoms. The van der Waals surface area contributed by atoms with E-state index in [-0.39, 0.29) is 11.9 Å². The fourth-order valence-corrected chi connectivity index (χ4v) is 2.88. The predicted molar refractivity (Wildman–Crippen MR) is 127 cm³/mol. The van der Waals surface area contributed by atoms with E-state index in [4.69, 9.17) is 9.68 Å². The average molecular weight is 460 g/mol. The summed E-state index contributed by atoms with van der Waals surface area (Å²) in [5.74, 6) is -0.771. The van der Waals surface area contributed by atoms with Crippen LogP contribution in [-0.4, -0.2) is 38.6 Å². The molecule has 0 saturated carbocycles. The number of carbonyl (C=O) groups excluding carboxylic acids is 2. The molecule has 0 aromatic heterocycles. The molecule has 0 radical (unpaired) electrons. The maximum Gasteiger partial charge on any atom is 0.337 e. The predicted octanol–water partition coefficient (Wildman–Crippen LogP) is 4.36. The van der Waals surface area contributed by atoms with Gasteiger partial charge in [-0.3, -0.25) is 0 Å². The molecular formula is C26H24N2O6. The van der Waals surface area contributed by atoms with E-state index in [1.54, 1.807) is 61.0 Å². The Morgan fingerprint density at radius 2 is 1.09 bits per heavy atom. The molecule has 0 amide bonds. The van der Waals surface area contributed by atoms with Gasteiger partial charge in [0.2, 0.25) is 0 Å². The topological polar surface area (TPSA) is 95.8 Å². The van der Waals surface area contributed by atoms with Gasteiger partial charge in [0, 0.05) is 0 Å². The molecule has 0 N–H and O–H groups in total. The van der Waals surface area contributed by atoms with E-state index in [0.29, 0.717) is 24.3 Å². The third-order valence-corrected chi connectivity index (χ3v) is 4.67. The molecule has 8 nitrogen and oxygen atoms in total. The number of methoxy groups -OCH3 is 2. The number of carbonyl (C=O) groups is 2. The van der Waals surface area contributed by atoms with Gasteiger partial charge in [-0.2, -0.15) is 0 Å². The molecule has 0 heterocycles. The van der Waals surface area contributed by atoms with Gasteiger partial charge in [0.05, 0.1) is 37.8 Å². The number of nitrogens with zero attached hydrogens (tertiary/aromatic N) is 2. The second kappa shape index (κ2) is 12.5. The van der Waals surface area contributed by atoms with Gasteiger partial charge >= 0.3 is 11.9 Å². The molecule has 8 heteroatoms. The van der Waals surface area contributed by atoms with Crippen molar-refractivity contribution in [2.45, 2.75) is 13.2 Å². The standard InChI is InChI=1S/C26H24N2O6/c1-31-25(29)23-10-6-19(7-11-23)15-27-33-17-21-4-3-5-22(14-21)18-34-28-16-20-8-12-24(13-9-20)26(30)32-2/h3-16H,17-18H2,1-2H3/b27-15+,28-16+. The molecule has 0 atom stereocenters. The second-order valence-corrected chi connectivity index (χ2v) is 7.06. The molecule has 3 aromatic rings. The molecule has 0 saturated heterocycles. The van der Waals surface area contributed by atoms with Gasteiger partial charge in [0.1, 0.15) is 13.2 Å². The quantitative estimate of drug-likeness (QED) is 0.253. The SMILES string of the molecule is COC(=O)c1ccc(/C=N/OCc2cccc(CO/N=C/c3ccc(C(=O)OC)cc3)c2)cc1. The van der Waals surface area contributed by atoms with E-state index >= 15 is 0 Å². The molecule has 34 heavy (non-hydrogen) atoms. The van der Waals surface area contributed by atoms with Crippen molar-refractivity contribution in [3.63, 3.8) is 0 Å². The zero-order chi connectivity index (χ0) is 24.2. The Labute approximate surface area is 197 Å². The van der Waals surface area contributed by atoms with E-state index in [0.717, 1.165) is 22.3 Å². The number of benzene rings is 3. The zero-order valence-corrected chi connectivity index (χ0v) is 18.8. The smallest absolute Gasteiger partial charge is 0.337 e. The summed E-state index contributed by atoms with van der Waals surface area (Å²) in [5, 5.41) is 7.94. The largest absolute Gasteiger partial charge is 0.465 e. The molecule has 0 aliphatic heterocycles. The van der Waals surface area contributed by atoms with Gasteiger partial charge in [-0.1, -0.05) is 52.8 Å². The van der Waals surface area contributed by atoms with Crippen molar-refractivity contribution in [1.82, 2.24) is 0 Å². The van der Waals surface area contributed by atoms with Crippen molar-refractivity contribution < 1.29 is 28.7 Å². The highest BCUT2D eigenvalue weighted by Gasteiger charge is 2.04. The van der Waals surface area contributed by atoms with Crippen LogP contribution in [0.4, 0.5) is 0 Å². The van der Waals surface area contributed by atoms with Crippen molar-refractivity contribution in [1.29, 1.82) is 0 Å². The third kappa shape index (κ3) is 7.30. The van der Waals surface area contributed by atoms with E-state index in [1.807, 2.05) is 24.3 Å². The van der Waals surface area contributed by atoms with Crippen LogP contribution in [0.25, 0.3) is 0 Å². The van der Waals surface area contributed by atoms with Crippen LogP contribution >= 0.6 is 0 Å². The summed E-state index contributed by atoms with van der Waals surface area (Å²) in [7, 11) is 2.68. The number of hydrogen-bond acceptors (Lipinski definition) is 8. The number of rotatable bonds is 10. The summed E-state index contributed by atoms with van der Waals surface area (Å²) in [6, 6.07) is 21.4. The van der Waals surface area contributed by atoms with Gasteiger partial charge in [0.25, 0.3) is 0 Å². The lowest BCUT2D eigenvalue weighted by Gasteiger charge is -2.04. The Morgan fingerprint density at radius 1 is 0.676 bits per heavy atom. The van der Waals surface area contributed by atoms with Gasteiger partial charge < -0.3 is 19.1 Å². The normalized spacial score (nSPS) is 10.9. The number of ether oxygens (including phenoxy) is 2. The Kier molecular flexibility index (Phi) is 8.92. The van der Waals surface area contributed by atoms with Gasteiger partial charge in [-0.15, -0.1) is 0 Å². The summed E-state index contributed by atoms with van der Waals surface area (Å²) in [4.78, 5) is 33.6. The molecule has 3 aromatic carbocycles. The van der Waals surface area contributed by atoms with Crippen LogP contribution in [0.15, 0.2) is 83.1 Å². The Bertz CT molecular complexity index is 1070. The Morgan fingerprint density at radius 3 is 1.47 bits per heavy atom. The maximum atomic E-state index is 11.4. The van der Waals surface area contributed by atoms with Gasteiger partial charge in [0.15, 0.2) is 0 Å². The lowest BCUT2D eigenvalue weighted by atomic mass is 10.1. The van der Waals surface area contributed by atoms with Crippen molar-refractivity contribution >= 4 is 24.4 Å². The number of oxime groups is 2. The van der Waals surface area contributed by atoms with E-state index in [9.17, 15) is 9.59 Å². The minimum Gasteiger partial charge on any atom is -0.465 e. The van der Waals surface area contributed by atoms with Crippen molar-refractivity contribution in [3.8, 4) is 0 Å². The van der Waals surface area contributed by atoms with E-state index < -0.39 is 0 Å². The molecule has 0 aliphatic rings. The van der Waals surface area contributed by atoms with Crippen LogP contribution in [0.5, 0.6) is 0 Å². The maximum absolute atomic E-state index is 11.4. The zero-order valence-electron chi connectivity index (χ0n) is 18.8. The van der Waals surface area contributed by atoms with Crippen LogP contribution in [0.2, 0.25) is 0 Å². The highest BCUT2D eigenvalue weighted by molar-refractivity contribution is 5.91. The lowest BCUT2D eigenvalue weighted by molar-refractivity contribution is 0.0592. The van der Waals surface area contributed by atoms with Crippen LogP contribution in [0.1, 0.15) is 43.0 Å². The molecule has 0 unspecified atom stereocenters. The first kappa shape index (κ1) is 24.2. The summed E-state index contributed by atoms with van der Waals surface area (Å²) in [6.07, 6.45) is 3.14. The van der Waals surface area contributed by atoms with Crippen LogP contribution in [0, 0.1) is 0 Å². The summed E-state index contributed by atoms with van der Waals surface area (Å²) in [6.45, 7) is 0.584. The number of hydrogen-bond donors (Lipinski definition) is 0. The van der Waals surface area contributed by atoms with Crippen molar-refractivity contribution in [2.24, 2.45) is 10.3 Å². The van der Waals surface area contributed by atoms with Gasteiger partial charge in [-0.25, -0.2) is 9.59 Å². The van der Waals surface area contributed by atoms with Gasteiger partial charge in [-0.05, 0) is 52.6 Å². The Hall–Kier alpha value is -4.46. The molecule has 0 aliphatic carbocycles. The van der Waals surface area contributed by atoms with Crippen LogP contribution < -0.4 is 0 Å². The molecule has 0 spiro atoms. The van der Waals surface area contributed by atoms with Crippen LogP contribution in [0.3, 0.4) is 0 Å². The third-order valence-electron chi connectivity index (χ3n) is 4.67.